The zero-order valence-corrected chi connectivity index (χ0v) is 17.7. The molecule has 0 atom stereocenters. The molecule has 7 nitrogen and oxygen atoms in total. The van der Waals surface area contributed by atoms with Crippen molar-refractivity contribution in [3.8, 4) is 0 Å². The molecule has 0 unspecified atom stereocenters. The van der Waals surface area contributed by atoms with E-state index in [0.29, 0.717) is 34.1 Å². The minimum atomic E-state index is -3.40. The van der Waals surface area contributed by atoms with Gasteiger partial charge in [0.05, 0.1) is 18.6 Å². The fourth-order valence-corrected chi connectivity index (χ4v) is 4.05. The van der Waals surface area contributed by atoms with Crippen LogP contribution in [0.4, 0.5) is 11.5 Å². The van der Waals surface area contributed by atoms with Gasteiger partial charge < -0.3 is 10.1 Å². The van der Waals surface area contributed by atoms with Gasteiger partial charge in [-0.3, -0.25) is 0 Å². The molecule has 0 saturated heterocycles. The lowest BCUT2D eigenvalue weighted by molar-refractivity contribution is 0.312. The van der Waals surface area contributed by atoms with Crippen LogP contribution in [-0.4, -0.2) is 31.5 Å². The number of nitrogens with one attached hydrogen (secondary N) is 2. The largest absolute Gasteiger partial charge is 0.497 e. The molecule has 0 aliphatic carbocycles. The fourth-order valence-electron chi connectivity index (χ4n) is 2.63. The number of aromatic nitrogens is 2. The van der Waals surface area contributed by atoms with Crippen LogP contribution in [0.3, 0.4) is 0 Å². The fraction of sp³-hybridized carbons (Fsp3) is 0.238. The first-order chi connectivity index (χ1) is 13.7. The average Bonchev–Trinajstić information content (AvgIpc) is 2.64. The first kappa shape index (κ1) is 22.3. The third-order valence-electron chi connectivity index (χ3n) is 3.75. The molecular weight excluding hydrogens is 388 g/mol. The van der Waals surface area contributed by atoms with Crippen LogP contribution in [0.15, 0.2) is 67.7 Å². The summed E-state index contributed by atoms with van der Waals surface area (Å²) in [5.41, 5.74) is 2.69. The van der Waals surface area contributed by atoms with Crippen LogP contribution < -0.4 is 10.0 Å². The highest BCUT2D eigenvalue weighted by atomic mass is 32.2. The van der Waals surface area contributed by atoms with Crippen molar-refractivity contribution in [1.29, 1.82) is 0 Å². The van der Waals surface area contributed by atoms with Crippen LogP contribution in [0, 0.1) is 0 Å². The second-order valence-corrected chi connectivity index (χ2v) is 8.34. The van der Waals surface area contributed by atoms with Crippen molar-refractivity contribution in [2.45, 2.75) is 25.6 Å². The van der Waals surface area contributed by atoms with Gasteiger partial charge in [-0.25, -0.2) is 23.1 Å². The van der Waals surface area contributed by atoms with Gasteiger partial charge in [-0.05, 0) is 37.6 Å². The Kier molecular flexibility index (Phi) is 7.69. The molecule has 0 aliphatic rings. The molecular formula is C21H26N4O3S. The van der Waals surface area contributed by atoms with Gasteiger partial charge in [0.25, 0.3) is 0 Å². The van der Waals surface area contributed by atoms with Gasteiger partial charge in [0.2, 0.25) is 10.0 Å². The summed E-state index contributed by atoms with van der Waals surface area (Å²) in [6, 6.07) is 8.77. The summed E-state index contributed by atoms with van der Waals surface area (Å²) in [6.07, 6.45) is 4.81. The van der Waals surface area contributed by atoms with Crippen LogP contribution in [0.25, 0.3) is 5.57 Å². The Morgan fingerprint density at radius 1 is 1.28 bits per heavy atom. The number of hydrogen-bond acceptors (Lipinski definition) is 6. The summed E-state index contributed by atoms with van der Waals surface area (Å²) < 4.78 is 32.1. The molecule has 2 N–H and O–H groups in total. The van der Waals surface area contributed by atoms with Crippen molar-refractivity contribution in [2.75, 3.05) is 12.4 Å². The molecule has 0 saturated carbocycles. The van der Waals surface area contributed by atoms with Crippen molar-refractivity contribution >= 4 is 27.1 Å². The summed E-state index contributed by atoms with van der Waals surface area (Å²) in [4.78, 5) is 8.50. The summed E-state index contributed by atoms with van der Waals surface area (Å²) >= 11 is 0. The highest BCUT2D eigenvalue weighted by Gasteiger charge is 2.13. The lowest BCUT2D eigenvalue weighted by Gasteiger charge is -2.12. The van der Waals surface area contributed by atoms with E-state index in [1.54, 1.807) is 50.3 Å². The average molecular weight is 415 g/mol. The number of anilines is 2. The molecule has 0 aliphatic heterocycles. The molecule has 0 fully saturated rings. The molecule has 0 radical (unpaired) electrons. The van der Waals surface area contributed by atoms with Crippen molar-refractivity contribution in [3.63, 3.8) is 0 Å². The van der Waals surface area contributed by atoms with Crippen molar-refractivity contribution < 1.29 is 13.2 Å². The molecule has 0 spiro atoms. The van der Waals surface area contributed by atoms with E-state index in [-0.39, 0.29) is 11.8 Å². The maximum absolute atomic E-state index is 12.2. The Labute approximate surface area is 172 Å². The smallest absolute Gasteiger partial charge is 0.216 e. The highest BCUT2D eigenvalue weighted by Crippen LogP contribution is 2.24. The number of sulfonamides is 1. The minimum Gasteiger partial charge on any atom is -0.497 e. The number of benzene rings is 1. The molecule has 0 bridgehead atoms. The number of allylic oxidation sites excluding steroid dienone is 3. The number of rotatable bonds is 10. The second kappa shape index (κ2) is 9.99. The Balaban J connectivity index is 2.24. The third-order valence-corrected chi connectivity index (χ3v) is 5.29. The first-order valence-corrected chi connectivity index (χ1v) is 10.6. The Hall–Kier alpha value is -2.97. The molecule has 2 aromatic rings. The van der Waals surface area contributed by atoms with Crippen LogP contribution >= 0.6 is 0 Å². The summed E-state index contributed by atoms with van der Waals surface area (Å²) in [5, 5.41) is 3.18. The van der Waals surface area contributed by atoms with E-state index in [1.807, 2.05) is 6.07 Å². The SMILES string of the molecule is C=C/C=C(\C(=C)OC)c1cc(Nc2cccc(CS(=O)(=O)NC(C)C)c2)ncn1. The van der Waals surface area contributed by atoms with Crippen molar-refractivity contribution in [2.24, 2.45) is 0 Å². The zero-order chi connectivity index (χ0) is 21.4. The molecule has 1 aromatic carbocycles. The van der Waals surface area contributed by atoms with Crippen LogP contribution in [-0.2, 0) is 20.5 Å². The van der Waals surface area contributed by atoms with E-state index in [9.17, 15) is 8.42 Å². The normalized spacial score (nSPS) is 11.9. The van der Waals surface area contributed by atoms with Crippen molar-refractivity contribution in [3.05, 3.63) is 79.0 Å². The molecule has 2 rings (SSSR count). The zero-order valence-electron chi connectivity index (χ0n) is 16.8. The van der Waals surface area contributed by atoms with E-state index in [2.05, 4.69) is 33.2 Å². The third kappa shape index (κ3) is 6.85. The van der Waals surface area contributed by atoms with E-state index in [1.165, 1.54) is 13.4 Å². The van der Waals surface area contributed by atoms with Gasteiger partial charge in [0, 0.05) is 23.4 Å². The van der Waals surface area contributed by atoms with Crippen molar-refractivity contribution in [1.82, 2.24) is 14.7 Å². The minimum absolute atomic E-state index is 0.102. The number of methoxy groups -OCH3 is 1. The topological polar surface area (TPSA) is 93.2 Å². The number of ether oxygens (including phenoxy) is 1. The lowest BCUT2D eigenvalue weighted by atomic mass is 10.1. The predicted octanol–water partition coefficient (Wildman–Crippen LogP) is 3.78. The van der Waals surface area contributed by atoms with E-state index < -0.39 is 10.0 Å². The molecule has 0 amide bonds. The van der Waals surface area contributed by atoms with Gasteiger partial charge in [0.15, 0.2) is 0 Å². The van der Waals surface area contributed by atoms with Crippen LogP contribution in [0.2, 0.25) is 0 Å². The summed E-state index contributed by atoms with van der Waals surface area (Å²) in [5.74, 6) is 0.906. The molecule has 8 heteroatoms. The van der Waals surface area contributed by atoms with Gasteiger partial charge in [0.1, 0.15) is 17.9 Å². The van der Waals surface area contributed by atoms with Crippen LogP contribution in [0.5, 0.6) is 0 Å². The molecule has 154 valence electrons. The quantitative estimate of drug-likeness (QED) is 0.454. The van der Waals surface area contributed by atoms with Gasteiger partial charge in [-0.2, -0.15) is 0 Å². The van der Waals surface area contributed by atoms with E-state index in [4.69, 9.17) is 4.74 Å². The summed E-state index contributed by atoms with van der Waals surface area (Å²) in [6.45, 7) is 11.1. The van der Waals surface area contributed by atoms with Gasteiger partial charge >= 0.3 is 0 Å². The Bertz CT molecular complexity index is 1010. The summed E-state index contributed by atoms with van der Waals surface area (Å²) in [7, 11) is -1.87. The number of nitrogens with zero attached hydrogens (tertiary/aromatic N) is 2. The molecule has 29 heavy (non-hydrogen) atoms. The second-order valence-electron chi connectivity index (χ2n) is 6.59. The van der Waals surface area contributed by atoms with Crippen LogP contribution in [0.1, 0.15) is 25.1 Å². The Morgan fingerprint density at radius 3 is 2.69 bits per heavy atom. The maximum Gasteiger partial charge on any atom is 0.216 e. The monoisotopic (exact) mass is 414 g/mol. The first-order valence-electron chi connectivity index (χ1n) is 8.98. The Morgan fingerprint density at radius 2 is 2.03 bits per heavy atom. The molecule has 1 heterocycles. The molecule has 1 aromatic heterocycles. The number of hydrogen-bond donors (Lipinski definition) is 2. The maximum atomic E-state index is 12.2. The lowest BCUT2D eigenvalue weighted by Crippen LogP contribution is -2.31. The van der Waals surface area contributed by atoms with E-state index in [0.717, 1.165) is 0 Å². The van der Waals surface area contributed by atoms with Gasteiger partial charge in [-0.1, -0.05) is 31.4 Å². The van der Waals surface area contributed by atoms with Gasteiger partial charge in [-0.15, -0.1) is 0 Å². The standard InChI is InChI=1S/C21H26N4O3S/c1-6-8-19(16(4)28-5)20-12-21(23-14-22-20)24-18-10-7-9-17(11-18)13-29(26,27)25-15(2)3/h6-12,14-15,25H,1,4,13H2,2-3,5H3,(H,22,23,24)/b19-8+. The predicted molar refractivity (Wildman–Crippen MR) is 117 cm³/mol. The van der Waals surface area contributed by atoms with E-state index >= 15 is 0 Å². The highest BCUT2D eigenvalue weighted by molar-refractivity contribution is 7.88.